The van der Waals surface area contributed by atoms with Crippen molar-refractivity contribution >= 4 is 11.7 Å². The smallest absolute Gasteiger partial charge is 0.365 e. The third-order valence-electron chi connectivity index (χ3n) is 3.89. The molecule has 4 nitrogen and oxygen atoms in total. The Morgan fingerprint density at radius 3 is 2.76 bits per heavy atom. The van der Waals surface area contributed by atoms with Gasteiger partial charge in [-0.05, 0) is 33.0 Å². The minimum Gasteiger partial charge on any atom is -1.00 e. The van der Waals surface area contributed by atoms with Crippen molar-refractivity contribution in [3.63, 3.8) is 0 Å². The second-order valence-electron chi connectivity index (χ2n) is 5.72. The third kappa shape index (κ3) is 4.55. The molecule has 1 fully saturated rings. The Morgan fingerprint density at radius 2 is 2.10 bits per heavy atom. The fraction of sp³-hybridized carbons (Fsp3) is 0.500. The minimum absolute atomic E-state index is 0. The molecule has 1 saturated heterocycles. The highest BCUT2D eigenvalue weighted by Crippen LogP contribution is 2.18. The Bertz CT molecular complexity index is 531. The standard InChI is InChI=1S/C16H22N2O2.ClH/c1-11-6-5-7-14(8-11)16(19)20-17-15-9-13(3)18(4)10-12(15)2;/h5-8,12-13H,9-10H2,1-4H3;1H/p-1. The molecular formula is C16H22ClN2O2-. The molecule has 1 heterocycles. The van der Waals surface area contributed by atoms with Gasteiger partial charge in [0, 0.05) is 24.9 Å². The fourth-order valence-corrected chi connectivity index (χ4v) is 2.43. The zero-order valence-corrected chi connectivity index (χ0v) is 13.7. The molecule has 1 aliphatic heterocycles. The van der Waals surface area contributed by atoms with Gasteiger partial charge in [-0.2, -0.15) is 0 Å². The summed E-state index contributed by atoms with van der Waals surface area (Å²) < 4.78 is 0. The van der Waals surface area contributed by atoms with Crippen LogP contribution in [0.5, 0.6) is 0 Å². The van der Waals surface area contributed by atoms with Crippen LogP contribution in [0.2, 0.25) is 0 Å². The summed E-state index contributed by atoms with van der Waals surface area (Å²) in [6.45, 7) is 7.16. The number of likely N-dealkylation sites (tertiary alicyclic amines) is 1. The molecule has 5 heteroatoms. The molecule has 0 bridgehead atoms. The number of hydrogen-bond donors (Lipinski definition) is 0. The van der Waals surface area contributed by atoms with Crippen molar-refractivity contribution in [1.29, 1.82) is 0 Å². The van der Waals surface area contributed by atoms with Gasteiger partial charge in [0.15, 0.2) is 0 Å². The van der Waals surface area contributed by atoms with E-state index in [1.54, 1.807) is 6.07 Å². The van der Waals surface area contributed by atoms with Crippen LogP contribution in [0, 0.1) is 12.8 Å². The van der Waals surface area contributed by atoms with E-state index in [2.05, 4.69) is 31.0 Å². The van der Waals surface area contributed by atoms with E-state index in [1.807, 2.05) is 25.1 Å². The van der Waals surface area contributed by atoms with Gasteiger partial charge in [0.25, 0.3) is 0 Å². The number of oxime groups is 1. The number of aryl methyl sites for hydroxylation is 1. The first-order chi connectivity index (χ1) is 9.47. The molecule has 1 aromatic rings. The molecule has 0 amide bonds. The molecule has 0 N–H and O–H groups in total. The van der Waals surface area contributed by atoms with E-state index in [4.69, 9.17) is 4.84 Å². The van der Waals surface area contributed by atoms with E-state index in [0.717, 1.165) is 24.2 Å². The van der Waals surface area contributed by atoms with Crippen LogP contribution in [0.4, 0.5) is 0 Å². The minimum atomic E-state index is -0.389. The molecule has 1 aliphatic rings. The number of rotatable bonds is 2. The molecule has 0 aromatic heterocycles. The molecule has 0 radical (unpaired) electrons. The summed E-state index contributed by atoms with van der Waals surface area (Å²) >= 11 is 0. The van der Waals surface area contributed by atoms with Crippen molar-refractivity contribution in [2.75, 3.05) is 13.6 Å². The molecule has 0 aliphatic carbocycles. The van der Waals surface area contributed by atoms with E-state index in [1.165, 1.54) is 0 Å². The molecule has 2 rings (SSSR count). The van der Waals surface area contributed by atoms with Crippen molar-refractivity contribution < 1.29 is 22.0 Å². The molecular weight excluding hydrogens is 288 g/mol. The molecule has 0 saturated carbocycles. The Hall–Kier alpha value is -1.39. The Morgan fingerprint density at radius 1 is 1.38 bits per heavy atom. The summed E-state index contributed by atoms with van der Waals surface area (Å²) in [5.74, 6) is -0.0681. The number of piperidine rings is 1. The zero-order valence-electron chi connectivity index (χ0n) is 13.0. The fourth-order valence-electron chi connectivity index (χ4n) is 2.43. The van der Waals surface area contributed by atoms with Crippen LogP contribution in [0.15, 0.2) is 29.4 Å². The van der Waals surface area contributed by atoms with Crippen LogP contribution < -0.4 is 12.4 Å². The molecule has 2 unspecified atom stereocenters. The van der Waals surface area contributed by atoms with Gasteiger partial charge in [-0.25, -0.2) is 4.79 Å². The topological polar surface area (TPSA) is 41.9 Å². The summed E-state index contributed by atoms with van der Waals surface area (Å²) in [5, 5.41) is 4.10. The van der Waals surface area contributed by atoms with Gasteiger partial charge in [0.05, 0.1) is 11.3 Å². The summed E-state index contributed by atoms with van der Waals surface area (Å²) in [7, 11) is 2.11. The van der Waals surface area contributed by atoms with Crippen LogP contribution in [-0.4, -0.2) is 36.2 Å². The maximum atomic E-state index is 12.0. The first-order valence-corrected chi connectivity index (χ1v) is 7.02. The second-order valence-corrected chi connectivity index (χ2v) is 5.72. The maximum absolute atomic E-state index is 12.0. The van der Waals surface area contributed by atoms with Gasteiger partial charge >= 0.3 is 5.97 Å². The average molecular weight is 310 g/mol. The molecule has 21 heavy (non-hydrogen) atoms. The predicted octanol–water partition coefficient (Wildman–Crippen LogP) is -0.128. The van der Waals surface area contributed by atoms with Gasteiger partial charge in [-0.3, -0.25) is 0 Å². The summed E-state index contributed by atoms with van der Waals surface area (Å²) in [5.41, 5.74) is 2.55. The van der Waals surface area contributed by atoms with Gasteiger partial charge in [-0.1, -0.05) is 29.8 Å². The number of carbonyl (C=O) groups is 1. The van der Waals surface area contributed by atoms with E-state index in [9.17, 15) is 4.79 Å². The number of nitrogens with zero attached hydrogens (tertiary/aromatic N) is 2. The van der Waals surface area contributed by atoms with E-state index in [0.29, 0.717) is 17.5 Å². The molecule has 1 aromatic carbocycles. The van der Waals surface area contributed by atoms with E-state index in [-0.39, 0.29) is 18.4 Å². The normalized spacial score (nSPS) is 24.5. The lowest BCUT2D eigenvalue weighted by Crippen LogP contribution is -3.00. The number of carbonyl (C=O) groups excluding carboxylic acids is 1. The van der Waals surface area contributed by atoms with Gasteiger partial charge in [0.1, 0.15) is 0 Å². The number of benzene rings is 1. The summed E-state index contributed by atoms with van der Waals surface area (Å²) in [6.07, 6.45) is 0.846. The SMILES string of the molecule is Cc1cccc(C(=O)ON=C2CC(C)N(C)CC2C)c1.[Cl-]. The van der Waals surface area contributed by atoms with Gasteiger partial charge in [-0.15, -0.1) is 0 Å². The van der Waals surface area contributed by atoms with Crippen LogP contribution in [0.1, 0.15) is 36.2 Å². The molecule has 0 spiro atoms. The largest absolute Gasteiger partial charge is 1.00 e. The Labute approximate surface area is 132 Å². The van der Waals surface area contributed by atoms with Gasteiger partial charge < -0.3 is 22.1 Å². The van der Waals surface area contributed by atoms with Crippen LogP contribution in [0.3, 0.4) is 0 Å². The van der Waals surface area contributed by atoms with E-state index < -0.39 is 0 Å². The Balaban J connectivity index is 0.00000220. The van der Waals surface area contributed by atoms with Crippen LogP contribution in [0.25, 0.3) is 0 Å². The van der Waals surface area contributed by atoms with Crippen molar-refractivity contribution in [3.05, 3.63) is 35.4 Å². The quantitative estimate of drug-likeness (QED) is 0.565. The lowest BCUT2D eigenvalue weighted by molar-refractivity contribution is -0.0000209. The first kappa shape index (κ1) is 17.7. The van der Waals surface area contributed by atoms with Crippen molar-refractivity contribution in [1.82, 2.24) is 4.90 Å². The Kier molecular flexibility index (Phi) is 6.37. The van der Waals surface area contributed by atoms with E-state index >= 15 is 0 Å². The molecule has 116 valence electrons. The third-order valence-corrected chi connectivity index (χ3v) is 3.89. The zero-order chi connectivity index (χ0) is 14.7. The number of hydrogen-bond acceptors (Lipinski definition) is 4. The van der Waals surface area contributed by atoms with Crippen molar-refractivity contribution in [2.24, 2.45) is 11.1 Å². The first-order valence-electron chi connectivity index (χ1n) is 7.02. The maximum Gasteiger partial charge on any atom is 0.365 e. The van der Waals surface area contributed by atoms with Crippen molar-refractivity contribution in [2.45, 2.75) is 33.2 Å². The highest BCUT2D eigenvalue weighted by atomic mass is 35.5. The summed E-state index contributed by atoms with van der Waals surface area (Å²) in [6, 6.07) is 7.78. The lowest BCUT2D eigenvalue weighted by atomic mass is 9.93. The highest BCUT2D eigenvalue weighted by Gasteiger charge is 2.26. The van der Waals surface area contributed by atoms with Crippen LogP contribution >= 0.6 is 0 Å². The predicted molar refractivity (Wildman–Crippen MR) is 79.9 cm³/mol. The summed E-state index contributed by atoms with van der Waals surface area (Å²) in [4.78, 5) is 19.4. The van der Waals surface area contributed by atoms with Gasteiger partial charge in [0.2, 0.25) is 0 Å². The number of halogens is 1. The van der Waals surface area contributed by atoms with Crippen LogP contribution in [-0.2, 0) is 4.84 Å². The molecule has 2 atom stereocenters. The monoisotopic (exact) mass is 309 g/mol. The second kappa shape index (κ2) is 7.57. The average Bonchev–Trinajstić information content (AvgIpc) is 2.41. The highest BCUT2D eigenvalue weighted by molar-refractivity contribution is 5.92. The van der Waals surface area contributed by atoms with Crippen molar-refractivity contribution in [3.8, 4) is 0 Å². The lowest BCUT2D eigenvalue weighted by Gasteiger charge is -2.34.